The molecule has 0 saturated carbocycles. The Morgan fingerprint density at radius 3 is 1.74 bits per heavy atom. The minimum absolute atomic E-state index is 0.0447. The summed E-state index contributed by atoms with van der Waals surface area (Å²) in [6.07, 6.45) is 0. The van der Waals surface area contributed by atoms with Crippen LogP contribution in [-0.4, -0.2) is 27.8 Å². The number of benzene rings is 2. The highest BCUT2D eigenvalue weighted by Gasteiger charge is 2.22. The molecule has 0 saturated heterocycles. The molecule has 0 atom stereocenters. The van der Waals surface area contributed by atoms with E-state index < -0.39 is 17.5 Å². The molecule has 0 aromatic heterocycles. The maximum Gasteiger partial charge on any atom is 0.339 e. The van der Waals surface area contributed by atoms with Gasteiger partial charge in [0, 0.05) is 0 Å². The molecular weight excluding hydrogens is 296 g/mol. The van der Waals surface area contributed by atoms with Crippen molar-refractivity contribution in [2.24, 2.45) is 0 Å². The number of carbonyl (C=O) groups is 2. The second-order valence-electron chi connectivity index (χ2n) is 5.69. The molecule has 0 radical (unpaired) electrons. The lowest BCUT2D eigenvalue weighted by molar-refractivity contribution is 0.00658. The molecule has 0 bridgehead atoms. The zero-order valence-corrected chi connectivity index (χ0v) is 13.3. The molecule has 122 valence electrons. The Labute approximate surface area is 135 Å². The van der Waals surface area contributed by atoms with Crippen LogP contribution in [0.2, 0.25) is 0 Å². The average molecular weight is 316 g/mol. The van der Waals surface area contributed by atoms with Gasteiger partial charge in [0.2, 0.25) is 0 Å². The predicted octanol–water partition coefficient (Wildman–Crippen LogP) is 3.73. The van der Waals surface area contributed by atoms with Gasteiger partial charge in [0.15, 0.2) is 0 Å². The molecule has 0 aliphatic carbocycles. The SMILES string of the molecule is CC(C)(C)OC(=O)c1ccccc1C(=O)O.Oc1ccccc1. The van der Waals surface area contributed by atoms with E-state index in [0.717, 1.165) is 0 Å². The largest absolute Gasteiger partial charge is 0.508 e. The standard InChI is InChI=1S/C12H14O4.C6H6O/c1-12(2,3)16-11(15)9-7-5-4-6-8(9)10(13)14;7-6-4-2-1-3-5-6/h4-7H,1-3H3,(H,13,14);1-5,7H. The summed E-state index contributed by atoms with van der Waals surface area (Å²) in [7, 11) is 0. The van der Waals surface area contributed by atoms with Crippen LogP contribution in [0.3, 0.4) is 0 Å². The molecule has 2 aromatic rings. The molecule has 5 nitrogen and oxygen atoms in total. The summed E-state index contributed by atoms with van der Waals surface area (Å²) in [5.74, 6) is -1.44. The van der Waals surface area contributed by atoms with Gasteiger partial charge in [0.05, 0.1) is 11.1 Å². The summed E-state index contributed by atoms with van der Waals surface area (Å²) in [6, 6.07) is 14.7. The lowest BCUT2D eigenvalue weighted by Crippen LogP contribution is -2.25. The van der Waals surface area contributed by atoms with E-state index in [-0.39, 0.29) is 11.1 Å². The predicted molar refractivity (Wildman–Crippen MR) is 86.7 cm³/mol. The van der Waals surface area contributed by atoms with Crippen molar-refractivity contribution in [1.29, 1.82) is 0 Å². The van der Waals surface area contributed by atoms with E-state index in [2.05, 4.69) is 0 Å². The van der Waals surface area contributed by atoms with Crippen LogP contribution < -0.4 is 0 Å². The van der Waals surface area contributed by atoms with Crippen LogP contribution in [0.25, 0.3) is 0 Å². The number of aromatic hydroxyl groups is 1. The topological polar surface area (TPSA) is 83.8 Å². The first-order valence-corrected chi connectivity index (χ1v) is 7.00. The van der Waals surface area contributed by atoms with E-state index >= 15 is 0 Å². The van der Waals surface area contributed by atoms with Gasteiger partial charge >= 0.3 is 11.9 Å². The fourth-order valence-electron chi connectivity index (χ4n) is 1.61. The number of aromatic carboxylic acids is 1. The van der Waals surface area contributed by atoms with Crippen LogP contribution in [0.5, 0.6) is 5.75 Å². The van der Waals surface area contributed by atoms with E-state index in [0.29, 0.717) is 5.75 Å². The van der Waals surface area contributed by atoms with Crippen molar-refractivity contribution in [3.05, 3.63) is 65.7 Å². The van der Waals surface area contributed by atoms with Crippen molar-refractivity contribution < 1.29 is 24.5 Å². The number of rotatable bonds is 2. The minimum atomic E-state index is -1.14. The fraction of sp³-hybridized carbons (Fsp3) is 0.222. The van der Waals surface area contributed by atoms with E-state index in [9.17, 15) is 9.59 Å². The maximum atomic E-state index is 11.7. The third kappa shape index (κ3) is 6.65. The molecule has 0 fully saturated rings. The molecule has 5 heteroatoms. The lowest BCUT2D eigenvalue weighted by atomic mass is 10.1. The van der Waals surface area contributed by atoms with Crippen LogP contribution in [0.4, 0.5) is 0 Å². The van der Waals surface area contributed by atoms with Crippen LogP contribution in [0.1, 0.15) is 41.5 Å². The van der Waals surface area contributed by atoms with Gasteiger partial charge in [-0.2, -0.15) is 0 Å². The van der Waals surface area contributed by atoms with E-state index in [1.54, 1.807) is 57.2 Å². The van der Waals surface area contributed by atoms with Crippen LogP contribution in [0.15, 0.2) is 54.6 Å². The Kier molecular flexibility index (Phi) is 6.33. The molecule has 0 heterocycles. The lowest BCUT2D eigenvalue weighted by Gasteiger charge is -2.19. The Morgan fingerprint density at radius 2 is 1.35 bits per heavy atom. The Bertz CT molecular complexity index is 657. The number of hydrogen-bond donors (Lipinski definition) is 2. The molecule has 0 spiro atoms. The van der Waals surface area contributed by atoms with Gasteiger partial charge in [-0.3, -0.25) is 0 Å². The van der Waals surface area contributed by atoms with Crippen molar-refractivity contribution in [3.8, 4) is 5.75 Å². The Balaban J connectivity index is 0.000000313. The number of carboxylic acids is 1. The van der Waals surface area contributed by atoms with Crippen molar-refractivity contribution >= 4 is 11.9 Å². The molecule has 0 unspecified atom stereocenters. The van der Waals surface area contributed by atoms with E-state index in [1.807, 2.05) is 6.07 Å². The summed E-state index contributed by atoms with van der Waals surface area (Å²) in [4.78, 5) is 22.6. The molecule has 23 heavy (non-hydrogen) atoms. The van der Waals surface area contributed by atoms with E-state index in [4.69, 9.17) is 14.9 Å². The number of phenols is 1. The zero-order chi connectivity index (χ0) is 17.5. The third-order valence-corrected chi connectivity index (χ3v) is 2.53. The van der Waals surface area contributed by atoms with Crippen LogP contribution >= 0.6 is 0 Å². The van der Waals surface area contributed by atoms with Gasteiger partial charge in [0.25, 0.3) is 0 Å². The molecule has 0 amide bonds. The molecule has 2 N–H and O–H groups in total. The Hall–Kier alpha value is -2.82. The normalized spacial score (nSPS) is 10.2. The number of carbonyl (C=O) groups excluding carboxylic acids is 1. The second kappa shape index (κ2) is 7.98. The highest BCUT2D eigenvalue weighted by Crippen LogP contribution is 2.15. The zero-order valence-electron chi connectivity index (χ0n) is 13.3. The van der Waals surface area contributed by atoms with Gasteiger partial charge in [-0.1, -0.05) is 30.3 Å². The summed E-state index contributed by atoms with van der Waals surface area (Å²) in [5, 5.41) is 17.5. The fourth-order valence-corrected chi connectivity index (χ4v) is 1.61. The average Bonchev–Trinajstić information content (AvgIpc) is 2.47. The van der Waals surface area contributed by atoms with Gasteiger partial charge < -0.3 is 14.9 Å². The summed E-state index contributed by atoms with van der Waals surface area (Å²) < 4.78 is 5.11. The first kappa shape index (κ1) is 18.2. The van der Waals surface area contributed by atoms with Crippen molar-refractivity contribution in [2.75, 3.05) is 0 Å². The smallest absolute Gasteiger partial charge is 0.339 e. The molecule has 0 aliphatic rings. The third-order valence-electron chi connectivity index (χ3n) is 2.53. The monoisotopic (exact) mass is 316 g/mol. The van der Waals surface area contributed by atoms with E-state index in [1.165, 1.54) is 12.1 Å². The number of hydrogen-bond acceptors (Lipinski definition) is 4. The summed E-state index contributed by atoms with van der Waals surface area (Å²) in [5.41, 5.74) is -0.607. The van der Waals surface area contributed by atoms with Gasteiger partial charge in [-0.15, -0.1) is 0 Å². The number of para-hydroxylation sites is 1. The highest BCUT2D eigenvalue weighted by molar-refractivity contribution is 6.02. The number of carboxylic acid groups (broad SMARTS) is 1. The summed E-state index contributed by atoms with van der Waals surface area (Å²) >= 11 is 0. The molecule has 0 aliphatic heterocycles. The van der Waals surface area contributed by atoms with Crippen molar-refractivity contribution in [3.63, 3.8) is 0 Å². The van der Waals surface area contributed by atoms with Crippen molar-refractivity contribution in [1.82, 2.24) is 0 Å². The molecule has 2 aromatic carbocycles. The maximum absolute atomic E-state index is 11.7. The van der Waals surface area contributed by atoms with Crippen molar-refractivity contribution in [2.45, 2.75) is 26.4 Å². The van der Waals surface area contributed by atoms with Gasteiger partial charge in [0.1, 0.15) is 11.4 Å². The number of phenolic OH excluding ortho intramolecular Hbond substituents is 1. The highest BCUT2D eigenvalue weighted by atomic mass is 16.6. The Morgan fingerprint density at radius 1 is 0.870 bits per heavy atom. The molecular formula is C18H20O5. The minimum Gasteiger partial charge on any atom is -0.508 e. The molecule has 2 rings (SSSR count). The first-order chi connectivity index (χ1) is 10.7. The van der Waals surface area contributed by atoms with Crippen LogP contribution in [0, 0.1) is 0 Å². The number of esters is 1. The number of ether oxygens (including phenoxy) is 1. The first-order valence-electron chi connectivity index (χ1n) is 7.00. The van der Waals surface area contributed by atoms with Crippen LogP contribution in [-0.2, 0) is 4.74 Å². The van der Waals surface area contributed by atoms with Gasteiger partial charge in [-0.25, -0.2) is 9.59 Å². The van der Waals surface area contributed by atoms with Gasteiger partial charge in [-0.05, 0) is 45.0 Å². The second-order valence-corrected chi connectivity index (χ2v) is 5.69. The summed E-state index contributed by atoms with van der Waals surface area (Å²) in [6.45, 7) is 5.19. The quantitative estimate of drug-likeness (QED) is 0.825.